The van der Waals surface area contributed by atoms with E-state index in [0.717, 1.165) is 11.1 Å². The Morgan fingerprint density at radius 3 is 2.64 bits per heavy atom. The van der Waals surface area contributed by atoms with Gasteiger partial charge < -0.3 is 20.1 Å². The van der Waals surface area contributed by atoms with Crippen LogP contribution in [0.15, 0.2) is 66.7 Å². The fourth-order valence-electron chi connectivity index (χ4n) is 3.93. The fourth-order valence-corrected chi connectivity index (χ4v) is 3.93. The summed E-state index contributed by atoms with van der Waals surface area (Å²) in [6, 6.07) is 21.7. The average Bonchev–Trinajstić information content (AvgIpc) is 3.24. The van der Waals surface area contributed by atoms with Gasteiger partial charge in [-0.2, -0.15) is 5.26 Å². The minimum Gasteiger partial charge on any atom is -0.497 e. The van der Waals surface area contributed by atoms with Crippen molar-refractivity contribution in [2.75, 3.05) is 18.6 Å². The third-order valence-electron chi connectivity index (χ3n) is 5.71. The lowest BCUT2D eigenvalue weighted by Gasteiger charge is -2.19. The number of hydrogen-bond donors (Lipinski definition) is 1. The van der Waals surface area contributed by atoms with Gasteiger partial charge in [-0.1, -0.05) is 24.3 Å². The summed E-state index contributed by atoms with van der Waals surface area (Å²) >= 11 is 0. The van der Waals surface area contributed by atoms with Crippen LogP contribution in [0.1, 0.15) is 39.4 Å². The Labute approximate surface area is 192 Å². The van der Waals surface area contributed by atoms with Crippen LogP contribution in [0, 0.1) is 11.3 Å². The number of primary amides is 1. The Balaban J connectivity index is 1.57. The number of hydrogen-bond acceptors (Lipinski definition) is 5. The summed E-state index contributed by atoms with van der Waals surface area (Å²) in [5, 5.41) is 8.97. The number of rotatable bonds is 7. The van der Waals surface area contributed by atoms with E-state index in [4.69, 9.17) is 20.5 Å². The van der Waals surface area contributed by atoms with Gasteiger partial charge in [0.05, 0.1) is 18.7 Å². The van der Waals surface area contributed by atoms with Crippen molar-refractivity contribution >= 4 is 17.5 Å². The molecule has 4 rings (SSSR count). The fraction of sp³-hybridized carbons (Fsp3) is 0.192. The quantitative estimate of drug-likeness (QED) is 0.601. The van der Waals surface area contributed by atoms with Crippen LogP contribution in [-0.2, 0) is 11.4 Å². The van der Waals surface area contributed by atoms with Crippen LogP contribution < -0.4 is 20.1 Å². The van der Waals surface area contributed by atoms with Crippen molar-refractivity contribution in [1.82, 2.24) is 0 Å². The maximum atomic E-state index is 12.8. The van der Waals surface area contributed by atoms with Crippen molar-refractivity contribution < 1.29 is 19.1 Å². The van der Waals surface area contributed by atoms with Crippen LogP contribution in [0.25, 0.3) is 0 Å². The summed E-state index contributed by atoms with van der Waals surface area (Å²) in [5.41, 5.74) is 8.82. The molecule has 33 heavy (non-hydrogen) atoms. The van der Waals surface area contributed by atoms with Gasteiger partial charge in [0.2, 0.25) is 11.8 Å². The Bertz CT molecular complexity index is 1230. The van der Waals surface area contributed by atoms with Crippen molar-refractivity contribution in [3.63, 3.8) is 0 Å². The molecule has 2 amide bonds. The summed E-state index contributed by atoms with van der Waals surface area (Å²) < 4.78 is 11.5. The van der Waals surface area contributed by atoms with E-state index in [2.05, 4.69) is 6.07 Å². The standard InChI is InChI=1S/C26H23N3O4/c1-32-22-9-10-23(24(13-22)33-16-18-7-5-17(14-27)6-8-18)20-12-25(30)29(15-20)21-4-2-3-19(11-21)26(28)31/h2-11,13,20H,12,15-16H2,1H3,(H2,28,31). The number of anilines is 1. The molecule has 1 unspecified atom stereocenters. The van der Waals surface area contributed by atoms with E-state index in [0.29, 0.717) is 47.9 Å². The monoisotopic (exact) mass is 441 g/mol. The molecule has 7 heteroatoms. The van der Waals surface area contributed by atoms with Crippen LogP contribution in [0.4, 0.5) is 5.69 Å². The molecule has 1 saturated heterocycles. The van der Waals surface area contributed by atoms with Crippen molar-refractivity contribution in [2.45, 2.75) is 18.9 Å². The van der Waals surface area contributed by atoms with Crippen LogP contribution in [0.5, 0.6) is 11.5 Å². The predicted octanol–water partition coefficient (Wildman–Crippen LogP) is 3.77. The minimum absolute atomic E-state index is 0.0320. The van der Waals surface area contributed by atoms with Crippen LogP contribution >= 0.6 is 0 Å². The van der Waals surface area contributed by atoms with Crippen LogP contribution in [-0.4, -0.2) is 25.5 Å². The molecular weight excluding hydrogens is 418 g/mol. The van der Waals surface area contributed by atoms with E-state index < -0.39 is 5.91 Å². The highest BCUT2D eigenvalue weighted by atomic mass is 16.5. The topological polar surface area (TPSA) is 106 Å². The summed E-state index contributed by atoms with van der Waals surface area (Å²) in [7, 11) is 1.59. The zero-order valence-electron chi connectivity index (χ0n) is 18.2. The van der Waals surface area contributed by atoms with Gasteiger partial charge >= 0.3 is 0 Å². The van der Waals surface area contributed by atoms with Gasteiger partial charge in [-0.15, -0.1) is 0 Å². The summed E-state index contributed by atoms with van der Waals surface area (Å²) in [6.45, 7) is 0.775. The zero-order valence-corrected chi connectivity index (χ0v) is 18.2. The van der Waals surface area contributed by atoms with Gasteiger partial charge in [0.1, 0.15) is 18.1 Å². The van der Waals surface area contributed by atoms with Gasteiger partial charge in [0.15, 0.2) is 0 Å². The van der Waals surface area contributed by atoms with Crippen molar-refractivity contribution in [3.05, 3.63) is 89.0 Å². The Hall–Kier alpha value is -4.31. The molecule has 0 spiro atoms. The molecule has 166 valence electrons. The maximum Gasteiger partial charge on any atom is 0.248 e. The molecule has 1 aliphatic heterocycles. The molecule has 7 nitrogen and oxygen atoms in total. The molecule has 0 aromatic heterocycles. The van der Waals surface area contributed by atoms with Crippen LogP contribution in [0.3, 0.4) is 0 Å². The van der Waals surface area contributed by atoms with E-state index in [1.165, 1.54) is 0 Å². The van der Waals surface area contributed by atoms with E-state index >= 15 is 0 Å². The Morgan fingerprint density at radius 1 is 1.15 bits per heavy atom. The van der Waals surface area contributed by atoms with Gasteiger partial charge in [-0.3, -0.25) is 9.59 Å². The van der Waals surface area contributed by atoms with Gasteiger partial charge in [0.25, 0.3) is 0 Å². The molecule has 1 fully saturated rings. The molecule has 3 aromatic rings. The SMILES string of the molecule is COc1ccc(C2CC(=O)N(c3cccc(C(N)=O)c3)C2)c(OCc2ccc(C#N)cc2)c1. The third-order valence-corrected chi connectivity index (χ3v) is 5.71. The van der Waals surface area contributed by atoms with Gasteiger partial charge in [0, 0.05) is 36.2 Å². The predicted molar refractivity (Wildman–Crippen MR) is 123 cm³/mol. The van der Waals surface area contributed by atoms with E-state index in [1.54, 1.807) is 48.4 Å². The lowest BCUT2D eigenvalue weighted by atomic mass is 9.97. The summed E-state index contributed by atoms with van der Waals surface area (Å²) in [5.74, 6) is 0.647. The number of carbonyl (C=O) groups excluding carboxylic acids is 2. The Morgan fingerprint density at radius 2 is 1.94 bits per heavy atom. The maximum absolute atomic E-state index is 12.8. The number of benzene rings is 3. The number of nitrogens with zero attached hydrogens (tertiary/aromatic N) is 2. The first-order valence-corrected chi connectivity index (χ1v) is 10.5. The molecule has 1 aliphatic rings. The molecule has 0 saturated carbocycles. The molecule has 1 atom stereocenters. The molecule has 0 bridgehead atoms. The number of nitriles is 1. The lowest BCUT2D eigenvalue weighted by Crippen LogP contribution is -2.25. The zero-order chi connectivity index (χ0) is 23.4. The molecule has 1 heterocycles. The minimum atomic E-state index is -0.534. The first kappa shape index (κ1) is 21.9. The second-order valence-corrected chi connectivity index (χ2v) is 7.82. The van der Waals surface area contributed by atoms with Gasteiger partial charge in [-0.25, -0.2) is 0 Å². The van der Waals surface area contributed by atoms with E-state index in [9.17, 15) is 9.59 Å². The molecular formula is C26H23N3O4. The smallest absolute Gasteiger partial charge is 0.248 e. The summed E-state index contributed by atoms with van der Waals surface area (Å²) in [4.78, 5) is 26.0. The molecule has 0 radical (unpaired) electrons. The van der Waals surface area contributed by atoms with Crippen molar-refractivity contribution in [3.8, 4) is 17.6 Å². The highest BCUT2D eigenvalue weighted by Crippen LogP contribution is 2.38. The number of ether oxygens (including phenoxy) is 2. The second kappa shape index (κ2) is 9.45. The van der Waals surface area contributed by atoms with Crippen LogP contribution in [0.2, 0.25) is 0 Å². The van der Waals surface area contributed by atoms with E-state index in [-0.39, 0.29) is 11.8 Å². The highest BCUT2D eigenvalue weighted by molar-refractivity contribution is 5.99. The van der Waals surface area contributed by atoms with E-state index in [1.807, 2.05) is 30.3 Å². The third kappa shape index (κ3) is 4.80. The normalized spacial score (nSPS) is 15.2. The van der Waals surface area contributed by atoms with Crippen molar-refractivity contribution in [2.24, 2.45) is 5.73 Å². The molecule has 0 aliphatic carbocycles. The largest absolute Gasteiger partial charge is 0.497 e. The first-order chi connectivity index (χ1) is 16.0. The first-order valence-electron chi connectivity index (χ1n) is 10.5. The van der Waals surface area contributed by atoms with Gasteiger partial charge in [-0.05, 0) is 47.5 Å². The second-order valence-electron chi connectivity index (χ2n) is 7.82. The molecule has 3 aromatic carbocycles. The highest BCUT2D eigenvalue weighted by Gasteiger charge is 2.33. The number of methoxy groups -OCH3 is 1. The summed E-state index contributed by atoms with van der Waals surface area (Å²) in [6.07, 6.45) is 0.320. The van der Waals surface area contributed by atoms with Crippen molar-refractivity contribution in [1.29, 1.82) is 5.26 Å². The Kier molecular flexibility index (Phi) is 6.27. The lowest BCUT2D eigenvalue weighted by molar-refractivity contribution is -0.117. The average molecular weight is 441 g/mol. The number of carbonyl (C=O) groups is 2. The molecule has 2 N–H and O–H groups in total. The number of nitrogens with two attached hydrogens (primary N) is 1. The number of amides is 2.